The Kier molecular flexibility index (Phi) is 2.91. The highest BCUT2D eigenvalue weighted by atomic mass is 32.1. The number of thiophene rings is 1. The van der Waals surface area contributed by atoms with Crippen molar-refractivity contribution in [1.29, 1.82) is 0 Å². The Morgan fingerprint density at radius 2 is 2.26 bits per heavy atom. The van der Waals surface area contributed by atoms with Crippen molar-refractivity contribution in [3.8, 4) is 5.75 Å². The standard InChI is InChI=1S/C14H14N2O2S/c1-9-14(17)16(8-11-3-2-6-19-11)12-5-4-10(15)7-13(12)18-9/h2-7,9H,8,15H2,1H3. The number of carbonyl (C=O) groups is 1. The van der Waals surface area contributed by atoms with Crippen LogP contribution >= 0.6 is 11.3 Å². The molecule has 2 heterocycles. The average Bonchev–Trinajstić information content (AvgIpc) is 2.87. The Morgan fingerprint density at radius 1 is 1.42 bits per heavy atom. The van der Waals surface area contributed by atoms with E-state index in [-0.39, 0.29) is 5.91 Å². The van der Waals surface area contributed by atoms with Crippen LogP contribution in [0.4, 0.5) is 11.4 Å². The van der Waals surface area contributed by atoms with Crippen molar-refractivity contribution in [3.63, 3.8) is 0 Å². The van der Waals surface area contributed by atoms with Crippen LogP contribution in [0, 0.1) is 0 Å². The Balaban J connectivity index is 2.00. The summed E-state index contributed by atoms with van der Waals surface area (Å²) in [5.74, 6) is 0.648. The summed E-state index contributed by atoms with van der Waals surface area (Å²) in [4.78, 5) is 15.2. The highest BCUT2D eigenvalue weighted by molar-refractivity contribution is 7.09. The van der Waals surface area contributed by atoms with Crippen molar-refractivity contribution in [3.05, 3.63) is 40.6 Å². The fraction of sp³-hybridized carbons (Fsp3) is 0.214. The average molecular weight is 274 g/mol. The number of benzene rings is 1. The van der Waals surface area contributed by atoms with E-state index in [1.807, 2.05) is 23.6 Å². The number of rotatable bonds is 2. The summed E-state index contributed by atoms with van der Waals surface area (Å²) in [6, 6.07) is 9.39. The van der Waals surface area contributed by atoms with E-state index in [4.69, 9.17) is 10.5 Å². The molecule has 1 atom stereocenters. The lowest BCUT2D eigenvalue weighted by Gasteiger charge is -2.32. The second-order valence-corrected chi connectivity index (χ2v) is 5.52. The van der Waals surface area contributed by atoms with Gasteiger partial charge < -0.3 is 15.4 Å². The largest absolute Gasteiger partial charge is 0.479 e. The van der Waals surface area contributed by atoms with E-state index in [1.54, 1.807) is 35.3 Å². The summed E-state index contributed by atoms with van der Waals surface area (Å²) in [6.45, 7) is 2.33. The van der Waals surface area contributed by atoms with Crippen LogP contribution in [0.15, 0.2) is 35.7 Å². The van der Waals surface area contributed by atoms with E-state index in [2.05, 4.69) is 0 Å². The molecule has 2 aromatic rings. The van der Waals surface area contributed by atoms with Gasteiger partial charge in [-0.3, -0.25) is 4.79 Å². The highest BCUT2D eigenvalue weighted by Crippen LogP contribution is 2.36. The molecule has 1 unspecified atom stereocenters. The molecule has 1 aromatic heterocycles. The van der Waals surface area contributed by atoms with Gasteiger partial charge in [0.2, 0.25) is 0 Å². The zero-order valence-electron chi connectivity index (χ0n) is 10.5. The van der Waals surface area contributed by atoms with Gasteiger partial charge in [0.05, 0.1) is 12.2 Å². The van der Waals surface area contributed by atoms with E-state index in [0.29, 0.717) is 18.0 Å². The van der Waals surface area contributed by atoms with Crippen LogP contribution in [0.1, 0.15) is 11.8 Å². The molecule has 0 radical (unpaired) electrons. The van der Waals surface area contributed by atoms with Gasteiger partial charge in [-0.15, -0.1) is 11.3 Å². The van der Waals surface area contributed by atoms with E-state index >= 15 is 0 Å². The molecule has 0 spiro atoms. The quantitative estimate of drug-likeness (QED) is 0.856. The Morgan fingerprint density at radius 3 is 3.00 bits per heavy atom. The molecule has 1 aromatic carbocycles. The third-order valence-electron chi connectivity index (χ3n) is 3.09. The van der Waals surface area contributed by atoms with Crippen LogP contribution in [-0.2, 0) is 11.3 Å². The minimum Gasteiger partial charge on any atom is -0.479 e. The highest BCUT2D eigenvalue weighted by Gasteiger charge is 2.31. The Labute approximate surface area is 115 Å². The molecule has 0 fully saturated rings. The van der Waals surface area contributed by atoms with Gasteiger partial charge in [-0.05, 0) is 30.5 Å². The maximum atomic E-state index is 12.3. The van der Waals surface area contributed by atoms with E-state index in [1.165, 1.54) is 0 Å². The number of nitrogens with zero attached hydrogens (tertiary/aromatic N) is 1. The van der Waals surface area contributed by atoms with E-state index in [9.17, 15) is 4.79 Å². The topological polar surface area (TPSA) is 55.6 Å². The third-order valence-corrected chi connectivity index (χ3v) is 3.95. The molecule has 0 bridgehead atoms. The molecule has 4 nitrogen and oxygen atoms in total. The molecule has 1 aliphatic heterocycles. The van der Waals surface area contributed by atoms with Crippen molar-refractivity contribution >= 4 is 28.6 Å². The molecule has 0 saturated heterocycles. The van der Waals surface area contributed by atoms with Crippen LogP contribution in [-0.4, -0.2) is 12.0 Å². The van der Waals surface area contributed by atoms with Gasteiger partial charge >= 0.3 is 0 Å². The molecular weight excluding hydrogens is 260 g/mol. The first kappa shape index (κ1) is 12.0. The Hall–Kier alpha value is -2.01. The zero-order chi connectivity index (χ0) is 13.4. The van der Waals surface area contributed by atoms with Crippen molar-refractivity contribution in [2.45, 2.75) is 19.6 Å². The molecule has 19 heavy (non-hydrogen) atoms. The summed E-state index contributed by atoms with van der Waals surface area (Å²) in [5.41, 5.74) is 7.18. The van der Waals surface area contributed by atoms with Gasteiger partial charge in [-0.25, -0.2) is 0 Å². The van der Waals surface area contributed by atoms with Gasteiger partial charge in [-0.2, -0.15) is 0 Å². The number of ether oxygens (including phenoxy) is 1. The molecule has 98 valence electrons. The SMILES string of the molecule is CC1Oc2cc(N)ccc2N(Cc2cccs2)C1=O. The number of carbonyl (C=O) groups excluding carboxylic acids is 1. The Bertz CT molecular complexity index is 610. The fourth-order valence-corrected chi connectivity index (χ4v) is 2.84. The van der Waals surface area contributed by atoms with Crippen molar-refractivity contribution in [2.24, 2.45) is 0 Å². The van der Waals surface area contributed by atoms with E-state index in [0.717, 1.165) is 10.6 Å². The van der Waals surface area contributed by atoms with Crippen molar-refractivity contribution in [2.75, 3.05) is 10.6 Å². The lowest BCUT2D eigenvalue weighted by atomic mass is 10.1. The summed E-state index contributed by atoms with van der Waals surface area (Å²) >= 11 is 1.64. The number of anilines is 2. The monoisotopic (exact) mass is 274 g/mol. The maximum Gasteiger partial charge on any atom is 0.268 e. The predicted octanol–water partition coefficient (Wildman–Crippen LogP) is 2.64. The normalized spacial score (nSPS) is 18.1. The van der Waals surface area contributed by atoms with Crippen molar-refractivity contribution < 1.29 is 9.53 Å². The summed E-state index contributed by atoms with van der Waals surface area (Å²) in [6.07, 6.45) is -0.478. The fourth-order valence-electron chi connectivity index (χ4n) is 2.15. The number of amides is 1. The second-order valence-electron chi connectivity index (χ2n) is 4.49. The van der Waals surface area contributed by atoms with Crippen molar-refractivity contribution in [1.82, 2.24) is 0 Å². The molecule has 3 rings (SSSR count). The lowest BCUT2D eigenvalue weighted by molar-refractivity contribution is -0.125. The first-order valence-electron chi connectivity index (χ1n) is 6.05. The molecule has 1 amide bonds. The first-order chi connectivity index (χ1) is 9.15. The summed E-state index contributed by atoms with van der Waals surface area (Å²) in [5, 5.41) is 2.01. The second kappa shape index (κ2) is 4.59. The predicted molar refractivity (Wildman–Crippen MR) is 76.5 cm³/mol. The summed E-state index contributed by atoms with van der Waals surface area (Å²) < 4.78 is 5.61. The van der Waals surface area contributed by atoms with Crippen LogP contribution in [0.2, 0.25) is 0 Å². The summed E-state index contributed by atoms with van der Waals surface area (Å²) in [7, 11) is 0. The molecular formula is C14H14N2O2S. The number of hydrogen-bond acceptors (Lipinski definition) is 4. The van der Waals surface area contributed by atoms with Crippen LogP contribution in [0.25, 0.3) is 0 Å². The number of hydrogen-bond donors (Lipinski definition) is 1. The maximum absolute atomic E-state index is 12.3. The van der Waals surface area contributed by atoms with Gasteiger partial charge in [0.15, 0.2) is 6.10 Å². The first-order valence-corrected chi connectivity index (χ1v) is 6.93. The molecule has 0 aliphatic carbocycles. The van der Waals surface area contributed by atoms with Gasteiger partial charge in [0.1, 0.15) is 5.75 Å². The van der Waals surface area contributed by atoms with Crippen LogP contribution < -0.4 is 15.4 Å². The number of fused-ring (bicyclic) bond motifs is 1. The van der Waals surface area contributed by atoms with Gasteiger partial charge in [0.25, 0.3) is 5.91 Å². The minimum atomic E-state index is -0.478. The smallest absolute Gasteiger partial charge is 0.268 e. The van der Waals surface area contributed by atoms with Gasteiger partial charge in [0, 0.05) is 16.6 Å². The zero-order valence-corrected chi connectivity index (χ0v) is 11.3. The molecule has 0 saturated carbocycles. The molecule has 5 heteroatoms. The van der Waals surface area contributed by atoms with E-state index < -0.39 is 6.10 Å². The van der Waals surface area contributed by atoms with Gasteiger partial charge in [-0.1, -0.05) is 6.07 Å². The number of nitrogens with two attached hydrogens (primary N) is 1. The third kappa shape index (κ3) is 2.17. The lowest BCUT2D eigenvalue weighted by Crippen LogP contribution is -2.43. The van der Waals surface area contributed by atoms with Crippen LogP contribution in [0.3, 0.4) is 0 Å². The van der Waals surface area contributed by atoms with Crippen LogP contribution in [0.5, 0.6) is 5.75 Å². The molecule has 2 N–H and O–H groups in total. The minimum absolute atomic E-state index is 0.0225. The number of nitrogen functional groups attached to an aromatic ring is 1. The molecule has 1 aliphatic rings.